The molecule has 2 heterocycles. The number of aromatic amines is 1. The Morgan fingerprint density at radius 3 is 2.53 bits per heavy atom. The van der Waals surface area contributed by atoms with Crippen LogP contribution in [0.3, 0.4) is 0 Å². The Hall–Kier alpha value is -5.46. The molecule has 9 nitrogen and oxygen atoms in total. The number of methoxy groups -OCH3 is 2. The number of cyclic esters (lactones) is 1. The summed E-state index contributed by atoms with van der Waals surface area (Å²) in [5, 5.41) is 33.7. The Bertz CT molecular complexity index is 2380. The van der Waals surface area contributed by atoms with Gasteiger partial charge in [0, 0.05) is 35.7 Å². The third-order valence-electron chi connectivity index (χ3n) is 13.5. The van der Waals surface area contributed by atoms with E-state index in [1.165, 1.54) is 12.7 Å². The summed E-state index contributed by atoms with van der Waals surface area (Å²) in [4.78, 5) is 31.9. The van der Waals surface area contributed by atoms with Crippen LogP contribution < -0.4 is 9.47 Å². The number of rotatable bonds is 5. The maximum absolute atomic E-state index is 14.7. The van der Waals surface area contributed by atoms with Crippen LogP contribution in [0.15, 0.2) is 72.3 Å². The third kappa shape index (κ3) is 6.78. The number of aromatic hydroxyl groups is 2. The SMILES string of the molecule is COc1cc(CC[C@@H]2CC(=O)C[C@H]3c4cc(OC)c(O)cc4C(=C4C=C[C@@H]5C[C@H]4[C@@H]3[C@@H]3CC[C@@H](O)C[C@H]35)c3[nH]c4ccccc4c3CC#CCC(=O)O2)ccc1O. The Balaban J connectivity index is 1.22. The molecule has 9 heteroatoms. The van der Waals surface area contributed by atoms with Crippen molar-refractivity contribution in [3.05, 3.63) is 100 Å². The van der Waals surface area contributed by atoms with E-state index in [-0.39, 0.29) is 66.3 Å². The van der Waals surface area contributed by atoms with Crippen molar-refractivity contribution in [2.45, 2.75) is 82.3 Å². The van der Waals surface area contributed by atoms with Gasteiger partial charge in [0.15, 0.2) is 23.0 Å². The smallest absolute Gasteiger partial charge is 0.318 e. The maximum Gasteiger partial charge on any atom is 0.318 e. The first-order valence-corrected chi connectivity index (χ1v) is 20.3. The van der Waals surface area contributed by atoms with Crippen LogP contribution in [0.4, 0.5) is 0 Å². The number of allylic oxidation sites excluding steroid dienone is 3. The number of carbonyl (C=O) groups excluding carboxylic acids is 2. The number of carbonyl (C=O) groups is 2. The Kier molecular flexibility index (Phi) is 9.86. The fourth-order valence-electron chi connectivity index (χ4n) is 11.1. The molecule has 294 valence electrons. The first kappa shape index (κ1) is 37.1. The number of esters is 1. The average Bonchev–Trinajstić information content (AvgIpc) is 3.51. The molecule has 4 aromatic rings. The number of aliphatic hydroxyl groups excluding tert-OH is 1. The molecule has 2 saturated carbocycles. The fraction of sp³-hybridized carbons (Fsp3) is 0.417. The molecule has 0 amide bonds. The molecule has 5 aliphatic rings. The number of aliphatic hydroxyl groups is 1. The van der Waals surface area contributed by atoms with E-state index in [0.29, 0.717) is 42.6 Å². The van der Waals surface area contributed by atoms with Gasteiger partial charge in [-0.3, -0.25) is 9.59 Å². The van der Waals surface area contributed by atoms with Gasteiger partial charge in [0.05, 0.1) is 26.0 Å². The monoisotopic (exact) mass is 767 g/mol. The number of hydrogen-bond acceptors (Lipinski definition) is 8. The second kappa shape index (κ2) is 15.1. The molecule has 9 rings (SSSR count). The van der Waals surface area contributed by atoms with Crippen molar-refractivity contribution in [1.82, 2.24) is 4.98 Å². The quantitative estimate of drug-likeness (QED) is 0.119. The highest BCUT2D eigenvalue weighted by Gasteiger charge is 2.53. The first-order valence-electron chi connectivity index (χ1n) is 20.3. The van der Waals surface area contributed by atoms with E-state index < -0.39 is 12.1 Å². The third-order valence-corrected chi connectivity index (χ3v) is 13.5. The normalized spacial score (nSPS) is 28.1. The molecule has 4 aliphatic carbocycles. The number of hydrogen-bond donors (Lipinski definition) is 4. The molecule has 8 atom stereocenters. The number of para-hydroxylation sites is 1. The van der Waals surface area contributed by atoms with E-state index in [1.807, 2.05) is 24.3 Å². The van der Waals surface area contributed by atoms with Crippen LogP contribution in [0, 0.1) is 41.4 Å². The minimum Gasteiger partial charge on any atom is -0.504 e. The number of Topliss-reactive ketones (excluding diaryl/α,β-unsaturated/α-hetero) is 1. The highest BCUT2D eigenvalue weighted by Crippen LogP contribution is 2.62. The molecule has 4 bridgehead atoms. The van der Waals surface area contributed by atoms with Crippen molar-refractivity contribution in [2.24, 2.45) is 29.6 Å². The minimum absolute atomic E-state index is 0.00516. The molecule has 0 spiro atoms. The molecular formula is C48H49NO8. The maximum atomic E-state index is 14.7. The lowest BCUT2D eigenvalue weighted by molar-refractivity contribution is -0.149. The van der Waals surface area contributed by atoms with Crippen LogP contribution in [-0.2, 0) is 27.2 Å². The van der Waals surface area contributed by atoms with Crippen molar-refractivity contribution in [2.75, 3.05) is 14.2 Å². The number of fused-ring (bicyclic) bond motifs is 9. The number of benzene rings is 3. The summed E-state index contributed by atoms with van der Waals surface area (Å²) in [5.41, 5.74) is 7.86. The van der Waals surface area contributed by atoms with Gasteiger partial charge in [-0.15, -0.1) is 0 Å². The van der Waals surface area contributed by atoms with E-state index >= 15 is 0 Å². The van der Waals surface area contributed by atoms with Gasteiger partial charge in [-0.2, -0.15) is 0 Å². The zero-order chi connectivity index (χ0) is 39.4. The first-order chi connectivity index (χ1) is 27.7. The summed E-state index contributed by atoms with van der Waals surface area (Å²) in [6, 6.07) is 17.1. The van der Waals surface area contributed by atoms with Gasteiger partial charge in [0.2, 0.25) is 0 Å². The highest BCUT2D eigenvalue weighted by atomic mass is 16.5. The van der Waals surface area contributed by atoms with Crippen molar-refractivity contribution in [3.63, 3.8) is 0 Å². The molecule has 1 aliphatic heterocycles. The number of phenols is 2. The predicted molar refractivity (Wildman–Crippen MR) is 216 cm³/mol. The van der Waals surface area contributed by atoms with Crippen molar-refractivity contribution in [3.8, 4) is 34.8 Å². The predicted octanol–water partition coefficient (Wildman–Crippen LogP) is 7.94. The summed E-state index contributed by atoms with van der Waals surface area (Å²) in [7, 11) is 3.05. The van der Waals surface area contributed by atoms with E-state index in [9.17, 15) is 24.9 Å². The van der Waals surface area contributed by atoms with Gasteiger partial charge in [-0.1, -0.05) is 48.3 Å². The lowest BCUT2D eigenvalue weighted by atomic mass is 9.51. The highest BCUT2D eigenvalue weighted by molar-refractivity contribution is 5.96. The number of nitrogens with one attached hydrogen (secondary N) is 1. The molecule has 57 heavy (non-hydrogen) atoms. The van der Waals surface area contributed by atoms with Gasteiger partial charge >= 0.3 is 5.97 Å². The zero-order valence-corrected chi connectivity index (χ0v) is 32.4. The topological polar surface area (TPSA) is 138 Å². The second-order valence-corrected chi connectivity index (χ2v) is 16.6. The Morgan fingerprint density at radius 2 is 1.68 bits per heavy atom. The minimum atomic E-state index is -0.686. The van der Waals surface area contributed by atoms with Crippen LogP contribution in [-0.4, -0.2) is 58.5 Å². The number of H-pyrrole nitrogens is 1. The lowest BCUT2D eigenvalue weighted by Gasteiger charge is -2.54. The number of phenolic OH excluding ortho intramolecular Hbond substituents is 2. The van der Waals surface area contributed by atoms with Crippen molar-refractivity contribution < 1.29 is 39.1 Å². The molecule has 4 N–H and O–H groups in total. The Morgan fingerprint density at radius 1 is 0.877 bits per heavy atom. The molecule has 3 aromatic carbocycles. The van der Waals surface area contributed by atoms with E-state index in [0.717, 1.165) is 70.1 Å². The molecule has 1 aromatic heterocycles. The van der Waals surface area contributed by atoms with Crippen LogP contribution >= 0.6 is 0 Å². The summed E-state index contributed by atoms with van der Waals surface area (Å²) in [5.74, 6) is 7.54. The average molecular weight is 768 g/mol. The molecule has 2 fully saturated rings. The van der Waals surface area contributed by atoms with Crippen LogP contribution in [0.1, 0.15) is 85.2 Å². The number of aryl methyl sites for hydroxylation is 1. The summed E-state index contributed by atoms with van der Waals surface area (Å²) in [6.45, 7) is 0. The summed E-state index contributed by atoms with van der Waals surface area (Å²) < 4.78 is 17.2. The molecule has 0 saturated heterocycles. The van der Waals surface area contributed by atoms with E-state index in [2.05, 4.69) is 41.1 Å². The molecular weight excluding hydrogens is 719 g/mol. The van der Waals surface area contributed by atoms with E-state index in [1.54, 1.807) is 25.3 Å². The standard InChI is InChI=1S/C48H49NO8/c1-55-43-19-26(12-18-41(43)52)11-15-30-21-29(51)23-38-36-25-44(56-2)42(53)24-39(36)47(33-16-13-27-20-37(33)46(38)32-17-14-28(50)22-35(27)32)48-34(8-4-6-10-45(54)57-30)31-7-3-5-9-40(31)49-48/h3,5,7,9,12-13,16,18-19,24-25,27-28,30,32,35,37-38,46,49-50,52-53H,8,10-11,14-15,17,20-23H2,1-2H3/t27-,28-,30-,32-,35+,37-,38+,46+/m1/s1. The van der Waals surface area contributed by atoms with Gasteiger partial charge in [-0.05, 0) is 132 Å². The zero-order valence-electron chi connectivity index (χ0n) is 32.4. The van der Waals surface area contributed by atoms with Gasteiger partial charge < -0.3 is 34.5 Å². The summed E-state index contributed by atoms with van der Waals surface area (Å²) >= 11 is 0. The van der Waals surface area contributed by atoms with Crippen molar-refractivity contribution >= 4 is 28.2 Å². The second-order valence-electron chi connectivity index (χ2n) is 16.6. The lowest BCUT2D eigenvalue weighted by Crippen LogP contribution is -2.47. The van der Waals surface area contributed by atoms with Crippen molar-refractivity contribution in [1.29, 1.82) is 0 Å². The Labute approximate surface area is 332 Å². The van der Waals surface area contributed by atoms with Gasteiger partial charge in [0.25, 0.3) is 0 Å². The van der Waals surface area contributed by atoms with Gasteiger partial charge in [-0.25, -0.2) is 0 Å². The van der Waals surface area contributed by atoms with Gasteiger partial charge in [0.1, 0.15) is 18.3 Å². The summed E-state index contributed by atoms with van der Waals surface area (Å²) in [6.07, 6.45) is 8.34. The fourth-order valence-corrected chi connectivity index (χ4v) is 11.1. The van der Waals surface area contributed by atoms with Crippen LogP contribution in [0.5, 0.6) is 23.0 Å². The largest absolute Gasteiger partial charge is 0.504 e. The molecule has 0 radical (unpaired) electrons. The number of ether oxygens (including phenoxy) is 3. The van der Waals surface area contributed by atoms with Crippen LogP contribution in [0.2, 0.25) is 0 Å². The number of aromatic nitrogens is 1. The van der Waals surface area contributed by atoms with E-state index in [4.69, 9.17) is 14.2 Å². The number of ketones is 1. The molecule has 0 unspecified atom stereocenters. The van der Waals surface area contributed by atoms with Crippen LogP contribution in [0.25, 0.3) is 16.5 Å².